The van der Waals surface area contributed by atoms with Crippen LogP contribution in [0.2, 0.25) is 0 Å². The zero-order valence-corrected chi connectivity index (χ0v) is 10.1. The van der Waals surface area contributed by atoms with Gasteiger partial charge in [-0.15, -0.1) is 0 Å². The van der Waals surface area contributed by atoms with Gasteiger partial charge in [-0.2, -0.15) is 0 Å². The number of carbonyl (C=O) groups excluding carboxylic acids is 1. The molecule has 0 saturated heterocycles. The fourth-order valence-corrected chi connectivity index (χ4v) is 1.87. The van der Waals surface area contributed by atoms with E-state index in [1.165, 1.54) is 18.6 Å². The minimum atomic E-state index is -0.385. The summed E-state index contributed by atoms with van der Waals surface area (Å²) in [7, 11) is 1.35. The van der Waals surface area contributed by atoms with Crippen LogP contribution in [0.5, 0.6) is 0 Å². The molecule has 1 heterocycles. The maximum Gasteiger partial charge on any atom is 0.338 e. The number of methoxy groups -OCH3 is 1. The first-order chi connectivity index (χ1) is 8.22. The van der Waals surface area contributed by atoms with Crippen molar-refractivity contribution in [3.8, 4) is 0 Å². The molecule has 0 amide bonds. The molecule has 5 heteroatoms. The molecule has 0 aliphatic carbocycles. The van der Waals surface area contributed by atoms with Gasteiger partial charge in [0.1, 0.15) is 0 Å². The van der Waals surface area contributed by atoms with Gasteiger partial charge in [0.2, 0.25) is 0 Å². The summed E-state index contributed by atoms with van der Waals surface area (Å²) in [5, 5.41) is 1.94. The molecule has 4 nitrogen and oxygen atoms in total. The number of hydrogen-bond donors (Lipinski definition) is 1. The van der Waals surface area contributed by atoms with Crippen LogP contribution < -0.4 is 5.73 Å². The van der Waals surface area contributed by atoms with Gasteiger partial charge in [-0.25, -0.2) is 4.79 Å². The first-order valence-electron chi connectivity index (χ1n) is 4.99. The largest absolute Gasteiger partial charge is 0.465 e. The van der Waals surface area contributed by atoms with Gasteiger partial charge in [0.05, 0.1) is 18.4 Å². The quantitative estimate of drug-likeness (QED) is 0.847. The molecular weight excluding hydrogens is 236 g/mol. The third kappa shape index (κ3) is 2.39. The number of rotatable bonds is 3. The standard InChI is InChI=1S/C12H12N2O2S/c1-16-12(15)10-5-3-2-4-9(10)11(13)8-14-6-7-17-14/h2-8H,13H2,1H3/b11-8-. The first kappa shape index (κ1) is 11.5. The minimum absolute atomic E-state index is 0.385. The highest BCUT2D eigenvalue weighted by Crippen LogP contribution is 2.18. The van der Waals surface area contributed by atoms with E-state index in [1.807, 2.05) is 21.6 Å². The molecule has 1 aromatic heterocycles. The number of hydrogen-bond acceptors (Lipinski definition) is 4. The molecule has 17 heavy (non-hydrogen) atoms. The lowest BCUT2D eigenvalue weighted by Crippen LogP contribution is -2.08. The van der Waals surface area contributed by atoms with Crippen molar-refractivity contribution < 1.29 is 9.53 Å². The molecule has 0 aliphatic rings. The Hall–Kier alpha value is -2.01. The average Bonchev–Trinajstić information content (AvgIpc) is 2.32. The molecule has 0 aliphatic heterocycles. The van der Waals surface area contributed by atoms with Crippen LogP contribution in [0, 0.1) is 0 Å². The van der Waals surface area contributed by atoms with Crippen molar-refractivity contribution in [2.75, 3.05) is 7.11 Å². The van der Waals surface area contributed by atoms with Gasteiger partial charge < -0.3 is 10.5 Å². The highest BCUT2D eigenvalue weighted by molar-refractivity contribution is 7.05. The summed E-state index contributed by atoms with van der Waals surface area (Å²) in [4.78, 5) is 11.6. The third-order valence-electron chi connectivity index (χ3n) is 2.30. The van der Waals surface area contributed by atoms with Gasteiger partial charge in [-0.1, -0.05) is 29.7 Å². The predicted octanol–water partition coefficient (Wildman–Crippen LogP) is 2.25. The third-order valence-corrected chi connectivity index (χ3v) is 3.01. The van der Waals surface area contributed by atoms with Crippen LogP contribution in [0.15, 0.2) is 35.8 Å². The van der Waals surface area contributed by atoms with Crippen LogP contribution in [-0.4, -0.2) is 17.0 Å². The molecule has 0 spiro atoms. The second kappa shape index (κ2) is 4.88. The maximum atomic E-state index is 11.6. The molecule has 0 fully saturated rings. The van der Waals surface area contributed by atoms with Gasteiger partial charge in [0.25, 0.3) is 0 Å². The lowest BCUT2D eigenvalue weighted by Gasteiger charge is -2.09. The fourth-order valence-electron chi connectivity index (χ4n) is 1.43. The summed E-state index contributed by atoms with van der Waals surface area (Å²) in [6.45, 7) is 0. The molecule has 2 rings (SSSR count). The summed E-state index contributed by atoms with van der Waals surface area (Å²) >= 11 is 1.53. The monoisotopic (exact) mass is 248 g/mol. The zero-order valence-electron chi connectivity index (χ0n) is 9.29. The fraction of sp³-hybridized carbons (Fsp3) is 0.0833. The van der Waals surface area contributed by atoms with Gasteiger partial charge in [0.15, 0.2) is 0 Å². The van der Waals surface area contributed by atoms with Crippen LogP contribution in [0.4, 0.5) is 0 Å². The minimum Gasteiger partial charge on any atom is -0.465 e. The normalized spacial score (nSPS) is 11.5. The first-order valence-corrected chi connectivity index (χ1v) is 5.83. The smallest absolute Gasteiger partial charge is 0.338 e. The summed E-state index contributed by atoms with van der Waals surface area (Å²) < 4.78 is 6.58. The van der Waals surface area contributed by atoms with E-state index in [0.717, 1.165) is 0 Å². The van der Waals surface area contributed by atoms with E-state index in [-0.39, 0.29) is 5.97 Å². The molecule has 88 valence electrons. The molecule has 0 atom stereocenters. The van der Waals surface area contributed by atoms with Crippen LogP contribution >= 0.6 is 11.5 Å². The number of nitrogens with zero attached hydrogens (tertiary/aromatic N) is 1. The van der Waals surface area contributed by atoms with Crippen molar-refractivity contribution in [3.05, 3.63) is 47.0 Å². The van der Waals surface area contributed by atoms with Crippen molar-refractivity contribution in [1.29, 1.82) is 0 Å². The van der Waals surface area contributed by atoms with Gasteiger partial charge in [0, 0.05) is 23.3 Å². The van der Waals surface area contributed by atoms with E-state index in [4.69, 9.17) is 10.5 Å². The molecular formula is C12H12N2O2S. The molecule has 2 aromatic rings. The van der Waals surface area contributed by atoms with Crippen LogP contribution in [-0.2, 0) is 4.74 Å². The van der Waals surface area contributed by atoms with Crippen molar-refractivity contribution in [1.82, 2.24) is 3.96 Å². The summed E-state index contributed by atoms with van der Waals surface area (Å²) in [5.41, 5.74) is 7.64. The van der Waals surface area contributed by atoms with Crippen molar-refractivity contribution in [3.63, 3.8) is 0 Å². The Morgan fingerprint density at radius 1 is 1.41 bits per heavy atom. The Morgan fingerprint density at radius 3 is 2.59 bits per heavy atom. The van der Waals surface area contributed by atoms with Gasteiger partial charge >= 0.3 is 5.97 Å². The topological polar surface area (TPSA) is 57.2 Å². The van der Waals surface area contributed by atoms with Gasteiger partial charge in [-0.3, -0.25) is 3.96 Å². The molecule has 1 aromatic carbocycles. The van der Waals surface area contributed by atoms with Crippen LogP contribution in [0.1, 0.15) is 15.9 Å². The second-order valence-electron chi connectivity index (χ2n) is 3.37. The van der Waals surface area contributed by atoms with E-state index < -0.39 is 0 Å². The SMILES string of the molecule is COC(=O)c1ccccc1/C(N)=C/n1ccs1. The maximum absolute atomic E-state index is 11.6. The lowest BCUT2D eigenvalue weighted by molar-refractivity contribution is 0.0600. The van der Waals surface area contributed by atoms with Crippen molar-refractivity contribution in [2.24, 2.45) is 5.73 Å². The number of aromatic nitrogens is 1. The molecule has 0 radical (unpaired) electrons. The van der Waals surface area contributed by atoms with Crippen LogP contribution in [0.3, 0.4) is 0 Å². The zero-order chi connectivity index (χ0) is 12.3. The van der Waals surface area contributed by atoms with E-state index in [2.05, 4.69) is 0 Å². The molecule has 0 bridgehead atoms. The number of ether oxygens (including phenoxy) is 1. The number of esters is 1. The molecule has 2 N–H and O–H groups in total. The number of benzene rings is 1. The predicted molar refractivity (Wildman–Crippen MR) is 68.4 cm³/mol. The Kier molecular flexibility index (Phi) is 3.30. The summed E-state index contributed by atoms with van der Waals surface area (Å²) in [6, 6.07) is 7.11. The van der Waals surface area contributed by atoms with E-state index in [1.54, 1.807) is 24.4 Å². The Balaban J connectivity index is 2.40. The average molecular weight is 248 g/mol. The highest BCUT2D eigenvalue weighted by Gasteiger charge is 2.12. The molecule has 0 saturated carbocycles. The Morgan fingerprint density at radius 2 is 2.06 bits per heavy atom. The van der Waals surface area contributed by atoms with Crippen LogP contribution in [0.25, 0.3) is 11.9 Å². The summed E-state index contributed by atoms with van der Waals surface area (Å²) in [6.07, 6.45) is 3.66. The van der Waals surface area contributed by atoms with E-state index in [0.29, 0.717) is 16.8 Å². The second-order valence-corrected chi connectivity index (χ2v) is 4.28. The van der Waals surface area contributed by atoms with Gasteiger partial charge in [-0.05, 0) is 6.07 Å². The lowest BCUT2D eigenvalue weighted by atomic mass is 10.1. The summed E-state index contributed by atoms with van der Waals surface area (Å²) in [5.74, 6) is -0.385. The Labute approximate surface area is 103 Å². The van der Waals surface area contributed by atoms with Crippen molar-refractivity contribution in [2.45, 2.75) is 0 Å². The van der Waals surface area contributed by atoms with Crippen molar-refractivity contribution >= 4 is 29.4 Å². The van der Waals surface area contributed by atoms with E-state index >= 15 is 0 Å². The number of carbonyl (C=O) groups is 1. The highest BCUT2D eigenvalue weighted by atomic mass is 32.1. The molecule has 0 unspecified atom stereocenters. The Bertz CT molecular complexity index is 545. The number of nitrogens with two attached hydrogens (primary N) is 1. The van der Waals surface area contributed by atoms with E-state index in [9.17, 15) is 4.79 Å².